The first-order valence-corrected chi connectivity index (χ1v) is 33.3. The Morgan fingerprint density at radius 2 is 0.494 bits per heavy atom. The van der Waals surface area contributed by atoms with Crippen molar-refractivity contribution in [3.05, 3.63) is 273 Å². The second kappa shape index (κ2) is 60.8. The zero-order valence-corrected chi connectivity index (χ0v) is 62.1. The Kier molecular flexibility index (Phi) is 63.4. The Morgan fingerprint density at radius 1 is 0.236 bits per heavy atom. The fourth-order valence-corrected chi connectivity index (χ4v) is 7.15. The van der Waals surface area contributed by atoms with Gasteiger partial charge in [-0.05, 0) is 152 Å². The van der Waals surface area contributed by atoms with E-state index in [1.807, 2.05) is 150 Å². The van der Waals surface area contributed by atoms with Gasteiger partial charge in [-0.15, -0.1) is 0 Å². The molecule has 0 aliphatic rings. The van der Waals surface area contributed by atoms with Gasteiger partial charge in [-0.25, -0.2) is 0 Å². The van der Waals surface area contributed by atoms with Gasteiger partial charge in [0.05, 0.1) is 5.52 Å². The first-order chi connectivity index (χ1) is 42.3. The zero-order valence-electron chi connectivity index (χ0n) is 62.1. The molecule has 10 aromatic rings. The Labute approximate surface area is 552 Å². The third-order valence-electron chi connectivity index (χ3n) is 11.2. The maximum absolute atomic E-state index is 4.42. The van der Waals surface area contributed by atoms with E-state index in [4.69, 9.17) is 0 Å². The number of aromatic nitrogens is 2. The third kappa shape index (κ3) is 45.5. The van der Waals surface area contributed by atoms with Crippen LogP contribution in [0.5, 0.6) is 0 Å². The first-order valence-electron chi connectivity index (χ1n) is 33.3. The molecular weight excluding hydrogens is 1070 g/mol. The van der Waals surface area contributed by atoms with Gasteiger partial charge >= 0.3 is 0 Å². The lowest BCUT2D eigenvalue weighted by Gasteiger charge is -2.03. The molecule has 0 atom stereocenters. The van der Waals surface area contributed by atoms with Gasteiger partial charge in [0.15, 0.2) is 0 Å². The number of nitrogens with zero attached hydrogens (tertiary/aromatic N) is 2. The minimum Gasteiger partial charge on any atom is -0.261 e. The summed E-state index contributed by atoms with van der Waals surface area (Å²) in [5.41, 5.74) is 21.5. The first kappa shape index (κ1) is 92.7. The zero-order chi connectivity index (χ0) is 68.6. The highest BCUT2D eigenvalue weighted by Crippen LogP contribution is 2.22. The second-order valence-electron chi connectivity index (χ2n) is 19.8. The lowest BCUT2D eigenvalue weighted by molar-refractivity contribution is 0.737. The number of hydrogen-bond acceptors (Lipinski definition) is 2. The predicted molar refractivity (Wildman–Crippen MR) is 415 cm³/mol. The minimum atomic E-state index is 0. The monoisotopic (exact) mass is 1210 g/mol. The summed E-state index contributed by atoms with van der Waals surface area (Å²) >= 11 is 0. The highest BCUT2D eigenvalue weighted by Gasteiger charge is 1.99. The number of rotatable bonds is 2. The van der Waals surface area contributed by atoms with Crippen molar-refractivity contribution in [1.29, 1.82) is 0 Å². The molecule has 0 aliphatic carbocycles. The van der Waals surface area contributed by atoms with Crippen molar-refractivity contribution < 1.29 is 0 Å². The second-order valence-corrected chi connectivity index (χ2v) is 19.8. The van der Waals surface area contributed by atoms with Gasteiger partial charge in [-0.1, -0.05) is 365 Å². The summed E-state index contributed by atoms with van der Waals surface area (Å²) in [4.78, 5) is 8.50. The Balaban J connectivity index is -0.000000220. The topological polar surface area (TPSA) is 25.8 Å². The molecular formula is C87H132N2. The van der Waals surface area contributed by atoms with Crippen LogP contribution < -0.4 is 0 Å². The molecule has 10 rings (SSSR count). The summed E-state index contributed by atoms with van der Waals surface area (Å²) in [5.74, 6) is 0.833. The average Bonchev–Trinajstić information content (AvgIpc) is 3.74. The van der Waals surface area contributed by atoms with Gasteiger partial charge in [0, 0.05) is 23.0 Å². The maximum Gasteiger partial charge on any atom is 0.0705 e. The number of hydrogen-bond donors (Lipinski definition) is 0. The predicted octanol–water partition coefficient (Wildman–Crippen LogP) is 28.8. The van der Waals surface area contributed by atoms with Crippen molar-refractivity contribution in [2.24, 2.45) is 5.92 Å². The molecule has 0 aliphatic heterocycles. The van der Waals surface area contributed by atoms with E-state index in [2.05, 4.69) is 281 Å². The van der Waals surface area contributed by atoms with Crippen molar-refractivity contribution >= 4 is 21.7 Å². The molecule has 490 valence electrons. The van der Waals surface area contributed by atoms with Crippen LogP contribution >= 0.6 is 0 Å². The summed E-state index contributed by atoms with van der Waals surface area (Å²) in [5, 5.41) is 3.89. The van der Waals surface area contributed by atoms with E-state index >= 15 is 0 Å². The molecule has 89 heavy (non-hydrogen) atoms. The van der Waals surface area contributed by atoms with Crippen LogP contribution in [0.1, 0.15) is 206 Å². The van der Waals surface area contributed by atoms with Gasteiger partial charge < -0.3 is 0 Å². The van der Waals surface area contributed by atoms with Gasteiger partial charge in [-0.3, -0.25) is 9.97 Å². The van der Waals surface area contributed by atoms with Crippen molar-refractivity contribution in [3.8, 4) is 22.3 Å². The Hall–Kier alpha value is -7.42. The van der Waals surface area contributed by atoms with Gasteiger partial charge in [0.2, 0.25) is 0 Å². The summed E-state index contributed by atoms with van der Waals surface area (Å²) in [6.45, 7) is 63.5. The highest BCUT2D eigenvalue weighted by molar-refractivity contribution is 5.83. The Morgan fingerprint density at radius 3 is 0.798 bits per heavy atom. The van der Waals surface area contributed by atoms with Gasteiger partial charge in [0.1, 0.15) is 0 Å². The molecule has 0 unspecified atom stereocenters. The van der Waals surface area contributed by atoms with Crippen LogP contribution in [0.15, 0.2) is 206 Å². The van der Waals surface area contributed by atoms with Crippen molar-refractivity contribution in [2.45, 2.75) is 222 Å². The van der Waals surface area contributed by atoms with E-state index in [0.29, 0.717) is 0 Å². The number of fused-ring (bicyclic) bond motifs is 2. The highest BCUT2D eigenvalue weighted by atomic mass is 14.7. The molecule has 0 fully saturated rings. The number of aryl methyl sites for hydroxylation is 12. The SMILES string of the molecule is C.CC.CC.CC.CC.CC.CC.CC.CC.CC(C)C.Cc1ccc(-c2ccc(C)cc2)cc1.Cc1ccc(C)cc1.Cc1ccc(C)nc1.Cc1ccc2cc(C)ccc2c1.Cc1ccc2nc(C)ccc2c1.Cc1cccc(-c2cccc(C)c2)c1. The van der Waals surface area contributed by atoms with Gasteiger partial charge in [-0.2, -0.15) is 0 Å². The van der Waals surface area contributed by atoms with Crippen LogP contribution in [0, 0.1) is 89.0 Å². The molecule has 2 heteroatoms. The van der Waals surface area contributed by atoms with Gasteiger partial charge in [0.25, 0.3) is 0 Å². The molecule has 0 saturated carbocycles. The number of benzene rings is 8. The average molecular weight is 1210 g/mol. The molecule has 0 amide bonds. The molecule has 2 heterocycles. The molecule has 2 aromatic heterocycles. The number of pyridine rings is 2. The molecule has 0 spiro atoms. The molecule has 0 radical (unpaired) electrons. The largest absolute Gasteiger partial charge is 0.261 e. The van der Waals surface area contributed by atoms with E-state index in [0.717, 1.165) is 22.8 Å². The maximum atomic E-state index is 4.42. The van der Waals surface area contributed by atoms with E-state index in [1.165, 1.54) is 94.0 Å². The molecule has 0 N–H and O–H groups in total. The molecule has 8 aromatic carbocycles. The summed E-state index contributed by atoms with van der Waals surface area (Å²) in [6.07, 6.45) is 1.87. The van der Waals surface area contributed by atoms with Crippen LogP contribution in [-0.2, 0) is 0 Å². The quantitative estimate of drug-likeness (QED) is 0.172. The van der Waals surface area contributed by atoms with Crippen LogP contribution in [0.3, 0.4) is 0 Å². The summed E-state index contributed by atoms with van der Waals surface area (Å²) in [7, 11) is 0. The van der Waals surface area contributed by atoms with E-state index in [1.54, 1.807) is 0 Å². The normalized spacial score (nSPS) is 8.63. The lowest BCUT2D eigenvalue weighted by atomic mass is 10.0. The van der Waals surface area contributed by atoms with E-state index < -0.39 is 0 Å². The van der Waals surface area contributed by atoms with E-state index in [9.17, 15) is 0 Å². The van der Waals surface area contributed by atoms with Crippen LogP contribution in [0.25, 0.3) is 43.9 Å². The van der Waals surface area contributed by atoms with Crippen molar-refractivity contribution in [1.82, 2.24) is 9.97 Å². The smallest absolute Gasteiger partial charge is 0.0705 e. The molecule has 0 saturated heterocycles. The fraction of sp³-hybridized carbons (Fsp3) is 0.379. The van der Waals surface area contributed by atoms with Crippen LogP contribution in [-0.4, -0.2) is 9.97 Å². The Bertz CT molecular complexity index is 2800. The lowest BCUT2D eigenvalue weighted by Crippen LogP contribution is -1.82. The molecule has 0 bridgehead atoms. The third-order valence-corrected chi connectivity index (χ3v) is 11.2. The van der Waals surface area contributed by atoms with Crippen LogP contribution in [0.2, 0.25) is 0 Å². The summed E-state index contributed by atoms with van der Waals surface area (Å²) in [6, 6.07) is 70.6. The summed E-state index contributed by atoms with van der Waals surface area (Å²) < 4.78 is 0. The van der Waals surface area contributed by atoms with E-state index in [-0.39, 0.29) is 7.43 Å². The van der Waals surface area contributed by atoms with Crippen molar-refractivity contribution in [3.63, 3.8) is 0 Å². The molecule has 2 nitrogen and oxygen atoms in total. The fourth-order valence-electron chi connectivity index (χ4n) is 7.15. The minimum absolute atomic E-state index is 0. The van der Waals surface area contributed by atoms with Crippen molar-refractivity contribution in [2.75, 3.05) is 0 Å². The standard InChI is InChI=1S/2C14H14.C12H12.C11H11N.C8H10.C7H9N.C4H10.8C2H6.CH4/c1-11-3-7-13(8-4-11)14-9-5-12(2)6-10-14;1-11-5-3-7-13(9-11)14-8-4-6-12(2)10-14;1-9-3-5-12-8-10(2)4-6-11(12)7-9;1-8-3-6-11-10(7-8)5-4-9(2)12-11;1-7-3-5-8(2)6-4-7;1-6-3-4-7(2)8-5-6;1-4(2)3;8*1-2;/h2*3-10H,1-2H3;3-8H,1-2H3;3-7H,1-2H3;3-6H,1-2H3;3-5H,1-2H3;4H,1-3H3;8*1-2H3;1H4. The van der Waals surface area contributed by atoms with Crippen LogP contribution in [0.4, 0.5) is 0 Å².